The number of nitrogens with one attached hydrogen (secondary N) is 1. The van der Waals surface area contributed by atoms with E-state index in [1.807, 2.05) is 25.2 Å². The summed E-state index contributed by atoms with van der Waals surface area (Å²) in [4.78, 5) is 33.8. The van der Waals surface area contributed by atoms with Gasteiger partial charge in [-0.1, -0.05) is 12.1 Å². The number of aldehydes is 1. The van der Waals surface area contributed by atoms with Gasteiger partial charge in [-0.3, -0.25) is 19.6 Å². The van der Waals surface area contributed by atoms with Crippen LogP contribution in [0, 0.1) is 0 Å². The molecule has 1 aliphatic heterocycles. The number of rotatable bonds is 4. The zero-order valence-electron chi connectivity index (χ0n) is 12.3. The normalized spacial score (nSPS) is 18.5. The molecule has 1 unspecified atom stereocenters. The Kier molecular flexibility index (Phi) is 3.75. The summed E-state index contributed by atoms with van der Waals surface area (Å²) in [5.41, 5.74) is 2.71. The van der Waals surface area contributed by atoms with Crippen molar-refractivity contribution in [1.82, 2.24) is 15.1 Å². The smallest absolute Gasteiger partial charge is 0.235 e. The highest BCUT2D eigenvalue weighted by molar-refractivity contribution is 6.02. The van der Waals surface area contributed by atoms with Crippen LogP contribution in [0.1, 0.15) is 36.4 Å². The number of hydrogen-bond donors (Lipinski definition) is 1. The highest BCUT2D eigenvalue weighted by Gasteiger charge is 2.31. The standard InChI is InChI=1S/C16H17N3O3/c1-19-13-9-10(3-2-8-20)4-5-11(13)15(18-19)12-6-7-14(21)17-16(12)22/h4-5,8-9,12H,2-3,6-7H2,1H3,(H,17,21,22). The molecule has 0 radical (unpaired) electrons. The Hall–Kier alpha value is -2.50. The fourth-order valence-electron chi connectivity index (χ4n) is 2.92. The van der Waals surface area contributed by atoms with Gasteiger partial charge in [0.25, 0.3) is 0 Å². The molecule has 0 aliphatic carbocycles. The minimum Gasteiger partial charge on any atom is -0.303 e. The van der Waals surface area contributed by atoms with Crippen LogP contribution >= 0.6 is 0 Å². The predicted octanol–water partition coefficient (Wildman–Crippen LogP) is 1.22. The van der Waals surface area contributed by atoms with Crippen molar-refractivity contribution in [3.63, 3.8) is 0 Å². The third-order valence-corrected chi connectivity index (χ3v) is 4.06. The predicted molar refractivity (Wildman–Crippen MR) is 80.2 cm³/mol. The van der Waals surface area contributed by atoms with E-state index in [2.05, 4.69) is 10.4 Å². The van der Waals surface area contributed by atoms with Gasteiger partial charge in [0.2, 0.25) is 11.8 Å². The lowest BCUT2D eigenvalue weighted by Gasteiger charge is -2.19. The molecule has 0 spiro atoms. The number of fused-ring (bicyclic) bond motifs is 1. The largest absolute Gasteiger partial charge is 0.303 e. The Morgan fingerprint density at radius 1 is 1.41 bits per heavy atom. The lowest BCUT2D eigenvalue weighted by Crippen LogP contribution is -2.39. The lowest BCUT2D eigenvalue weighted by atomic mass is 9.92. The van der Waals surface area contributed by atoms with Crippen LogP contribution in [0.4, 0.5) is 0 Å². The molecule has 1 N–H and O–H groups in total. The first-order valence-electron chi connectivity index (χ1n) is 7.33. The Balaban J connectivity index is 1.99. The van der Waals surface area contributed by atoms with Crippen molar-refractivity contribution in [2.24, 2.45) is 7.05 Å². The van der Waals surface area contributed by atoms with Crippen LogP contribution in [0.15, 0.2) is 18.2 Å². The molecule has 114 valence electrons. The van der Waals surface area contributed by atoms with E-state index < -0.39 is 0 Å². The minimum atomic E-state index is -0.387. The second-order valence-electron chi connectivity index (χ2n) is 5.57. The van der Waals surface area contributed by atoms with Gasteiger partial charge in [0, 0.05) is 25.3 Å². The number of imide groups is 1. The van der Waals surface area contributed by atoms with Crippen LogP contribution in [0.25, 0.3) is 10.9 Å². The SMILES string of the molecule is Cn1nc(C2CCC(=O)NC2=O)c2ccc(CCC=O)cc21. The van der Waals surface area contributed by atoms with E-state index in [1.165, 1.54) is 0 Å². The van der Waals surface area contributed by atoms with E-state index in [1.54, 1.807) is 4.68 Å². The number of aryl methyl sites for hydroxylation is 2. The second kappa shape index (κ2) is 5.71. The summed E-state index contributed by atoms with van der Waals surface area (Å²) in [6, 6.07) is 5.91. The Bertz CT molecular complexity index is 763. The van der Waals surface area contributed by atoms with Crippen LogP contribution in [-0.2, 0) is 27.9 Å². The number of carbonyl (C=O) groups is 3. The monoisotopic (exact) mass is 299 g/mol. The number of aromatic nitrogens is 2. The first-order valence-corrected chi connectivity index (χ1v) is 7.33. The van der Waals surface area contributed by atoms with E-state index in [0.717, 1.165) is 22.8 Å². The molecule has 2 aromatic rings. The topological polar surface area (TPSA) is 81.1 Å². The van der Waals surface area contributed by atoms with Gasteiger partial charge in [-0.25, -0.2) is 0 Å². The van der Waals surface area contributed by atoms with Gasteiger partial charge in [0.15, 0.2) is 0 Å². The molecule has 22 heavy (non-hydrogen) atoms. The van der Waals surface area contributed by atoms with Crippen LogP contribution in [0.3, 0.4) is 0 Å². The summed E-state index contributed by atoms with van der Waals surface area (Å²) in [6.45, 7) is 0. The summed E-state index contributed by atoms with van der Waals surface area (Å²) < 4.78 is 1.75. The van der Waals surface area contributed by atoms with Crippen molar-refractivity contribution in [2.45, 2.75) is 31.6 Å². The number of amides is 2. The van der Waals surface area contributed by atoms with Gasteiger partial charge in [0.1, 0.15) is 6.29 Å². The van der Waals surface area contributed by atoms with Gasteiger partial charge in [-0.15, -0.1) is 0 Å². The minimum absolute atomic E-state index is 0.224. The van der Waals surface area contributed by atoms with E-state index in [4.69, 9.17) is 0 Å². The summed E-state index contributed by atoms with van der Waals surface area (Å²) in [5, 5.41) is 7.78. The van der Waals surface area contributed by atoms with Gasteiger partial charge in [-0.05, 0) is 24.5 Å². The molecule has 1 saturated heterocycles. The summed E-state index contributed by atoms with van der Waals surface area (Å²) in [6.07, 6.45) is 2.92. The summed E-state index contributed by atoms with van der Waals surface area (Å²) >= 11 is 0. The van der Waals surface area contributed by atoms with Crippen LogP contribution < -0.4 is 5.32 Å². The second-order valence-corrected chi connectivity index (χ2v) is 5.57. The van der Waals surface area contributed by atoms with Crippen molar-refractivity contribution in [3.8, 4) is 0 Å². The van der Waals surface area contributed by atoms with Crippen molar-refractivity contribution < 1.29 is 14.4 Å². The molecule has 0 saturated carbocycles. The molecule has 2 heterocycles. The van der Waals surface area contributed by atoms with E-state index >= 15 is 0 Å². The first kappa shape index (κ1) is 14.4. The van der Waals surface area contributed by atoms with Gasteiger partial charge in [-0.2, -0.15) is 5.10 Å². The van der Waals surface area contributed by atoms with Crippen molar-refractivity contribution in [2.75, 3.05) is 0 Å². The molecule has 3 rings (SSSR count). The molecular formula is C16H17N3O3. The Morgan fingerprint density at radius 3 is 2.95 bits per heavy atom. The van der Waals surface area contributed by atoms with Gasteiger partial charge in [0.05, 0.1) is 17.1 Å². The summed E-state index contributed by atoms with van der Waals surface area (Å²) in [5.74, 6) is -0.888. The maximum atomic E-state index is 12.0. The quantitative estimate of drug-likeness (QED) is 0.680. The van der Waals surface area contributed by atoms with Crippen LogP contribution in [0.2, 0.25) is 0 Å². The molecule has 6 heteroatoms. The molecule has 2 amide bonds. The van der Waals surface area contributed by atoms with Crippen LogP contribution in [-0.4, -0.2) is 27.9 Å². The molecule has 1 fully saturated rings. The third-order valence-electron chi connectivity index (χ3n) is 4.06. The Morgan fingerprint density at radius 2 is 2.23 bits per heavy atom. The Labute approximate surface area is 127 Å². The van der Waals surface area contributed by atoms with Crippen molar-refractivity contribution >= 4 is 29.0 Å². The van der Waals surface area contributed by atoms with Gasteiger partial charge >= 0.3 is 0 Å². The number of carbonyl (C=O) groups excluding carboxylic acids is 3. The lowest BCUT2D eigenvalue weighted by molar-refractivity contribution is -0.134. The number of piperidine rings is 1. The average molecular weight is 299 g/mol. The highest BCUT2D eigenvalue weighted by Crippen LogP contribution is 2.30. The molecule has 1 atom stereocenters. The number of benzene rings is 1. The highest BCUT2D eigenvalue weighted by atomic mass is 16.2. The molecule has 0 bridgehead atoms. The van der Waals surface area contributed by atoms with E-state index in [9.17, 15) is 14.4 Å². The van der Waals surface area contributed by atoms with Crippen molar-refractivity contribution in [3.05, 3.63) is 29.5 Å². The van der Waals surface area contributed by atoms with E-state index in [-0.39, 0.29) is 17.7 Å². The van der Waals surface area contributed by atoms with Gasteiger partial charge < -0.3 is 4.79 Å². The van der Waals surface area contributed by atoms with Crippen molar-refractivity contribution in [1.29, 1.82) is 0 Å². The number of hydrogen-bond acceptors (Lipinski definition) is 4. The molecule has 1 aromatic carbocycles. The molecule has 1 aromatic heterocycles. The fourth-order valence-corrected chi connectivity index (χ4v) is 2.92. The zero-order chi connectivity index (χ0) is 15.7. The first-order chi connectivity index (χ1) is 10.6. The van der Waals surface area contributed by atoms with E-state index in [0.29, 0.717) is 31.4 Å². The molecular weight excluding hydrogens is 282 g/mol. The average Bonchev–Trinajstić information content (AvgIpc) is 2.82. The molecule has 6 nitrogen and oxygen atoms in total. The summed E-state index contributed by atoms with van der Waals surface area (Å²) in [7, 11) is 1.83. The number of nitrogens with zero attached hydrogens (tertiary/aromatic N) is 2. The zero-order valence-corrected chi connectivity index (χ0v) is 12.3. The maximum Gasteiger partial charge on any atom is 0.235 e. The fraction of sp³-hybridized carbons (Fsp3) is 0.375. The third kappa shape index (κ3) is 2.52. The molecule has 1 aliphatic rings. The maximum absolute atomic E-state index is 12.0. The van der Waals surface area contributed by atoms with Crippen LogP contribution in [0.5, 0.6) is 0 Å².